The Kier molecular flexibility index (Phi) is 5.65. The van der Waals surface area contributed by atoms with Gasteiger partial charge in [0.15, 0.2) is 5.76 Å². The second-order valence-electron chi connectivity index (χ2n) is 6.69. The normalized spacial score (nSPS) is 11.5. The Morgan fingerprint density at radius 3 is 2.39 bits per heavy atom. The number of amides is 1. The Hall–Kier alpha value is -3.39. The summed E-state index contributed by atoms with van der Waals surface area (Å²) in [6.07, 6.45) is -3.01. The first-order chi connectivity index (χ1) is 14.8. The van der Waals surface area contributed by atoms with E-state index in [1.165, 1.54) is 58.9 Å². The monoisotopic (exact) mass is 445 g/mol. The van der Waals surface area contributed by atoms with Crippen LogP contribution >= 0.6 is 11.3 Å². The molecule has 4 aromatic rings. The van der Waals surface area contributed by atoms with Gasteiger partial charge in [-0.3, -0.25) is 4.79 Å². The van der Waals surface area contributed by atoms with E-state index in [0.29, 0.717) is 11.3 Å². The van der Waals surface area contributed by atoms with E-state index in [-0.39, 0.29) is 12.3 Å². The second kappa shape index (κ2) is 8.39. The zero-order valence-corrected chi connectivity index (χ0v) is 16.7. The van der Waals surface area contributed by atoms with Gasteiger partial charge >= 0.3 is 6.18 Å². The molecular weight excluding hydrogens is 430 g/mol. The fourth-order valence-electron chi connectivity index (χ4n) is 3.05. The quantitative estimate of drug-likeness (QED) is 0.310. The van der Waals surface area contributed by atoms with Crippen LogP contribution in [0.5, 0.6) is 0 Å². The molecule has 0 unspecified atom stereocenters. The highest BCUT2D eigenvalue weighted by Crippen LogP contribution is 2.34. The summed E-state index contributed by atoms with van der Waals surface area (Å²) in [5, 5.41) is 0. The van der Waals surface area contributed by atoms with Crippen LogP contribution in [0.4, 0.5) is 23.2 Å². The number of nitrogens with zero attached hydrogens (tertiary/aromatic N) is 1. The molecule has 1 amide bonds. The maximum Gasteiger partial charge on any atom is 0.416 e. The summed E-state index contributed by atoms with van der Waals surface area (Å²) in [5.41, 5.74) is 0.291. The van der Waals surface area contributed by atoms with Crippen LogP contribution in [0.2, 0.25) is 0 Å². The Balaban J connectivity index is 1.61. The van der Waals surface area contributed by atoms with E-state index >= 15 is 0 Å². The fourth-order valence-corrected chi connectivity index (χ4v) is 4.06. The van der Waals surface area contributed by atoms with Crippen molar-refractivity contribution < 1.29 is 26.8 Å². The van der Waals surface area contributed by atoms with Gasteiger partial charge in [0, 0.05) is 15.4 Å². The number of carbonyl (C=O) groups is 1. The minimum Gasteiger partial charge on any atom is -0.459 e. The topological polar surface area (TPSA) is 33.5 Å². The number of anilines is 1. The number of hydrogen-bond donors (Lipinski definition) is 0. The number of furan rings is 1. The van der Waals surface area contributed by atoms with Crippen LogP contribution in [0.15, 0.2) is 83.5 Å². The SMILES string of the molecule is O=C(c1ccco1)N(Cc1ccc(-c2ccc(C(F)(F)F)cc2)s1)c1cccc(F)c1. The molecule has 158 valence electrons. The van der Waals surface area contributed by atoms with Crippen molar-refractivity contribution >= 4 is 22.9 Å². The molecule has 0 radical (unpaired) electrons. The molecule has 2 aromatic heterocycles. The van der Waals surface area contributed by atoms with E-state index in [0.717, 1.165) is 21.9 Å². The number of rotatable bonds is 5. The van der Waals surface area contributed by atoms with Crippen LogP contribution in [0.25, 0.3) is 10.4 Å². The zero-order valence-electron chi connectivity index (χ0n) is 15.9. The molecule has 31 heavy (non-hydrogen) atoms. The molecule has 8 heteroatoms. The molecule has 0 aliphatic rings. The molecule has 0 atom stereocenters. The van der Waals surface area contributed by atoms with Gasteiger partial charge in [-0.1, -0.05) is 18.2 Å². The Morgan fingerprint density at radius 2 is 1.74 bits per heavy atom. The van der Waals surface area contributed by atoms with Crippen molar-refractivity contribution in [2.45, 2.75) is 12.7 Å². The lowest BCUT2D eigenvalue weighted by molar-refractivity contribution is -0.137. The third-order valence-electron chi connectivity index (χ3n) is 4.57. The average molecular weight is 445 g/mol. The Bertz CT molecular complexity index is 1180. The lowest BCUT2D eigenvalue weighted by atomic mass is 10.1. The number of halogens is 4. The second-order valence-corrected chi connectivity index (χ2v) is 7.86. The minimum absolute atomic E-state index is 0.115. The molecule has 0 saturated heterocycles. The van der Waals surface area contributed by atoms with Crippen molar-refractivity contribution in [1.82, 2.24) is 0 Å². The molecule has 0 N–H and O–H groups in total. The van der Waals surface area contributed by atoms with Crippen molar-refractivity contribution in [3.8, 4) is 10.4 Å². The molecule has 0 spiro atoms. The van der Waals surface area contributed by atoms with E-state index in [9.17, 15) is 22.4 Å². The summed E-state index contributed by atoms with van der Waals surface area (Å²) in [4.78, 5) is 15.9. The fraction of sp³-hybridized carbons (Fsp3) is 0.0870. The molecule has 0 fully saturated rings. The molecular formula is C23H15F4NO2S. The summed E-state index contributed by atoms with van der Waals surface area (Å²) in [7, 11) is 0. The van der Waals surface area contributed by atoms with Crippen LogP contribution in [-0.4, -0.2) is 5.91 Å². The van der Waals surface area contributed by atoms with Gasteiger partial charge in [-0.2, -0.15) is 13.2 Å². The molecule has 3 nitrogen and oxygen atoms in total. The van der Waals surface area contributed by atoms with E-state index in [1.54, 1.807) is 24.3 Å². The Morgan fingerprint density at radius 1 is 0.968 bits per heavy atom. The van der Waals surface area contributed by atoms with Gasteiger partial charge in [-0.15, -0.1) is 11.3 Å². The van der Waals surface area contributed by atoms with E-state index in [4.69, 9.17) is 4.42 Å². The number of thiophene rings is 1. The highest BCUT2D eigenvalue weighted by atomic mass is 32.1. The largest absolute Gasteiger partial charge is 0.459 e. The van der Waals surface area contributed by atoms with Crippen LogP contribution in [0, 0.1) is 5.82 Å². The predicted octanol–water partition coefficient (Wildman–Crippen LogP) is 7.01. The van der Waals surface area contributed by atoms with Crippen molar-refractivity contribution in [3.05, 3.63) is 101 Å². The van der Waals surface area contributed by atoms with Gasteiger partial charge in [0.05, 0.1) is 18.4 Å². The van der Waals surface area contributed by atoms with Gasteiger partial charge < -0.3 is 9.32 Å². The van der Waals surface area contributed by atoms with Crippen LogP contribution < -0.4 is 4.90 Å². The Labute approximate surface area is 179 Å². The highest BCUT2D eigenvalue weighted by Gasteiger charge is 2.30. The molecule has 0 aliphatic heterocycles. The smallest absolute Gasteiger partial charge is 0.416 e. The van der Waals surface area contributed by atoms with Gasteiger partial charge in [-0.05, 0) is 60.2 Å². The van der Waals surface area contributed by atoms with Gasteiger partial charge in [-0.25, -0.2) is 4.39 Å². The number of benzene rings is 2. The van der Waals surface area contributed by atoms with E-state index < -0.39 is 23.5 Å². The van der Waals surface area contributed by atoms with Crippen LogP contribution in [-0.2, 0) is 12.7 Å². The van der Waals surface area contributed by atoms with Crippen molar-refractivity contribution in [3.63, 3.8) is 0 Å². The summed E-state index contributed by atoms with van der Waals surface area (Å²) < 4.78 is 57.3. The summed E-state index contributed by atoms with van der Waals surface area (Å²) in [5.74, 6) is -0.796. The lowest BCUT2D eigenvalue weighted by Crippen LogP contribution is -2.29. The molecule has 0 aliphatic carbocycles. The lowest BCUT2D eigenvalue weighted by Gasteiger charge is -2.21. The third kappa shape index (κ3) is 4.69. The van der Waals surface area contributed by atoms with Crippen LogP contribution in [0.1, 0.15) is 21.0 Å². The minimum atomic E-state index is -4.39. The maximum atomic E-state index is 13.8. The first-order valence-electron chi connectivity index (χ1n) is 9.18. The zero-order chi connectivity index (χ0) is 22.0. The van der Waals surface area contributed by atoms with Crippen molar-refractivity contribution in [2.75, 3.05) is 4.90 Å². The maximum absolute atomic E-state index is 13.8. The van der Waals surface area contributed by atoms with Gasteiger partial charge in [0.1, 0.15) is 5.82 Å². The number of hydrogen-bond acceptors (Lipinski definition) is 3. The standard InChI is InChI=1S/C23H15F4NO2S/c24-17-3-1-4-18(13-17)28(22(29)20-5-2-12-30-20)14-19-10-11-21(31-19)15-6-8-16(9-7-15)23(25,26)27/h1-13H,14H2. The van der Waals surface area contributed by atoms with E-state index in [2.05, 4.69) is 0 Å². The average Bonchev–Trinajstić information content (AvgIpc) is 3.43. The third-order valence-corrected chi connectivity index (χ3v) is 5.69. The van der Waals surface area contributed by atoms with Gasteiger partial charge in [0.25, 0.3) is 5.91 Å². The van der Waals surface area contributed by atoms with Crippen molar-refractivity contribution in [2.24, 2.45) is 0 Å². The molecule has 0 bridgehead atoms. The highest BCUT2D eigenvalue weighted by molar-refractivity contribution is 7.15. The first kappa shape index (κ1) is 20.9. The molecule has 4 rings (SSSR count). The van der Waals surface area contributed by atoms with E-state index in [1.807, 2.05) is 0 Å². The molecule has 2 heterocycles. The number of alkyl halides is 3. The first-order valence-corrected chi connectivity index (χ1v) is 10.0. The summed E-state index contributed by atoms with van der Waals surface area (Å²) in [6.45, 7) is 0.147. The predicted molar refractivity (Wildman–Crippen MR) is 110 cm³/mol. The summed E-state index contributed by atoms with van der Waals surface area (Å²) >= 11 is 1.34. The van der Waals surface area contributed by atoms with Crippen molar-refractivity contribution in [1.29, 1.82) is 0 Å². The number of carbonyl (C=O) groups excluding carboxylic acids is 1. The van der Waals surface area contributed by atoms with Gasteiger partial charge in [0.2, 0.25) is 0 Å². The molecule has 0 saturated carbocycles. The van der Waals surface area contributed by atoms with Crippen LogP contribution in [0.3, 0.4) is 0 Å². The summed E-state index contributed by atoms with van der Waals surface area (Å²) in [6, 6.07) is 17.3. The molecule has 2 aromatic carbocycles.